The Labute approximate surface area is 341 Å². The monoisotopic (exact) mass is 834 g/mol. The normalized spacial score (nSPS) is 23.6. The molecule has 2 aliphatic heterocycles. The van der Waals surface area contributed by atoms with Gasteiger partial charge in [-0.2, -0.15) is 0 Å². The molecule has 4 aliphatic rings. The number of ether oxygens (including phenoxy) is 1. The number of benzene rings is 5. The number of phenols is 1. The largest absolute Gasteiger partial charge is 0.503 e. The third-order valence-electron chi connectivity index (χ3n) is 12.1. The molecule has 4 amide bonds. The molecule has 6 unspecified atom stereocenters. The number of carbonyl (C=O) groups is 6. The molecule has 3 fully saturated rings. The van der Waals surface area contributed by atoms with Crippen LogP contribution in [0.25, 0.3) is 0 Å². The minimum absolute atomic E-state index is 0.128. The number of anilines is 2. The number of imide groups is 2. The summed E-state index contributed by atoms with van der Waals surface area (Å²) in [6, 6.07) is 33.8. The number of amides is 4. The molecule has 0 spiro atoms. The highest BCUT2D eigenvalue weighted by atomic mass is 79.9. The first-order chi connectivity index (χ1) is 28.1. The fourth-order valence-electron chi connectivity index (χ4n) is 9.44. The van der Waals surface area contributed by atoms with E-state index in [0.29, 0.717) is 43.7 Å². The Morgan fingerprint density at radius 2 is 1.10 bits per heavy atom. The van der Waals surface area contributed by atoms with Crippen LogP contribution in [-0.2, 0) is 19.2 Å². The van der Waals surface area contributed by atoms with E-state index in [1.165, 1.54) is 16.9 Å². The number of nitrogens with zero attached hydrogens (tertiary/aromatic N) is 2. The van der Waals surface area contributed by atoms with Gasteiger partial charge in [-0.25, -0.2) is 0 Å². The minimum Gasteiger partial charge on any atom is -0.503 e. The second kappa shape index (κ2) is 14.5. The van der Waals surface area contributed by atoms with Crippen LogP contribution in [0.3, 0.4) is 0 Å². The van der Waals surface area contributed by atoms with Crippen LogP contribution >= 0.6 is 15.9 Å². The summed E-state index contributed by atoms with van der Waals surface area (Å²) in [7, 11) is 1.42. The van der Waals surface area contributed by atoms with Gasteiger partial charge in [-0.15, -0.1) is 0 Å². The summed E-state index contributed by atoms with van der Waals surface area (Å²) in [4.78, 5) is 86.5. The number of rotatable bonds is 8. The topological polar surface area (TPSA) is 138 Å². The Morgan fingerprint density at radius 1 is 0.621 bits per heavy atom. The van der Waals surface area contributed by atoms with Gasteiger partial charge in [-0.3, -0.25) is 38.6 Å². The van der Waals surface area contributed by atoms with Crippen molar-refractivity contribution in [3.05, 3.63) is 165 Å². The van der Waals surface area contributed by atoms with Crippen LogP contribution < -0.4 is 14.5 Å². The van der Waals surface area contributed by atoms with Crippen molar-refractivity contribution in [2.75, 3.05) is 16.9 Å². The van der Waals surface area contributed by atoms with E-state index in [9.17, 15) is 33.9 Å². The summed E-state index contributed by atoms with van der Waals surface area (Å²) in [5.41, 5.74) is 3.89. The van der Waals surface area contributed by atoms with Gasteiger partial charge in [0.25, 0.3) is 0 Å². The van der Waals surface area contributed by atoms with Crippen molar-refractivity contribution in [2.45, 2.75) is 18.8 Å². The Hall–Kier alpha value is -6.46. The van der Waals surface area contributed by atoms with E-state index < -0.39 is 53.2 Å². The second-order valence-corrected chi connectivity index (χ2v) is 15.9. The van der Waals surface area contributed by atoms with Crippen molar-refractivity contribution in [3.8, 4) is 11.5 Å². The van der Waals surface area contributed by atoms with Crippen LogP contribution in [0.1, 0.15) is 56.2 Å². The van der Waals surface area contributed by atoms with E-state index in [-0.39, 0.29) is 41.8 Å². The van der Waals surface area contributed by atoms with E-state index in [1.807, 2.05) is 18.2 Å². The van der Waals surface area contributed by atoms with Crippen molar-refractivity contribution >= 4 is 62.5 Å². The van der Waals surface area contributed by atoms with Crippen molar-refractivity contribution in [3.63, 3.8) is 0 Å². The van der Waals surface area contributed by atoms with Gasteiger partial charge in [0, 0.05) is 28.2 Å². The molecular formula is C47H35BrN2O8. The lowest BCUT2D eigenvalue weighted by atomic mass is 9.57. The minimum atomic E-state index is -0.865. The Morgan fingerprint density at radius 3 is 1.62 bits per heavy atom. The van der Waals surface area contributed by atoms with Crippen molar-refractivity contribution in [2.24, 2.45) is 29.6 Å². The van der Waals surface area contributed by atoms with Crippen LogP contribution in [0.4, 0.5) is 11.4 Å². The van der Waals surface area contributed by atoms with E-state index in [2.05, 4.69) is 15.9 Å². The maximum absolute atomic E-state index is 14.7. The molecule has 11 heteroatoms. The van der Waals surface area contributed by atoms with Gasteiger partial charge in [0.15, 0.2) is 23.1 Å². The van der Waals surface area contributed by atoms with Crippen molar-refractivity contribution in [1.82, 2.24) is 0 Å². The number of carbonyl (C=O) groups excluding carboxylic acids is 6. The summed E-state index contributed by atoms with van der Waals surface area (Å²) in [6.07, 6.45) is 2.35. The fraction of sp³-hybridized carbons (Fsp3) is 0.191. The maximum Gasteiger partial charge on any atom is 0.238 e. The molecule has 5 aromatic carbocycles. The molecule has 2 heterocycles. The van der Waals surface area contributed by atoms with E-state index >= 15 is 0 Å². The molecule has 58 heavy (non-hydrogen) atoms. The molecule has 2 saturated heterocycles. The standard InChI is InChI=1S/C47H35BrN2O8/c1-58-37-23-29(22-36(48)43(37)53)38-32-20-21-33-39(46(56)49(44(33)54)30-16-12-27(13-17-30)41(51)25-8-4-2-5-9-25)34(32)24-35-40(38)47(57)50(45(35)55)31-18-14-28(15-19-31)42(52)26-10-6-3-7-11-26/h2-20,22-23,33-35,38-40,53H,21,24H2,1H3. The van der Waals surface area contributed by atoms with Crippen LogP contribution in [0.2, 0.25) is 0 Å². The number of phenolic OH excluding ortho intramolecular Hbond substituents is 1. The first-order valence-corrected chi connectivity index (χ1v) is 19.8. The van der Waals surface area contributed by atoms with Crippen LogP contribution in [0.15, 0.2) is 137 Å². The van der Waals surface area contributed by atoms with E-state index in [1.54, 1.807) is 109 Å². The molecule has 1 saturated carbocycles. The molecule has 2 aliphatic carbocycles. The lowest BCUT2D eigenvalue weighted by Gasteiger charge is -2.44. The van der Waals surface area contributed by atoms with Crippen LogP contribution in [-0.4, -0.2) is 47.4 Å². The number of aromatic hydroxyl groups is 1. The summed E-state index contributed by atoms with van der Waals surface area (Å²) in [5, 5.41) is 10.7. The summed E-state index contributed by atoms with van der Waals surface area (Å²) in [6.45, 7) is 0. The zero-order valence-electron chi connectivity index (χ0n) is 31.1. The number of methoxy groups -OCH3 is 1. The fourth-order valence-corrected chi connectivity index (χ4v) is 9.90. The first-order valence-electron chi connectivity index (χ1n) is 19.0. The quantitative estimate of drug-likeness (QED) is 0.0956. The highest BCUT2D eigenvalue weighted by molar-refractivity contribution is 9.10. The molecule has 0 radical (unpaired) electrons. The Kier molecular flexibility index (Phi) is 9.27. The molecule has 9 rings (SSSR count). The van der Waals surface area contributed by atoms with Gasteiger partial charge in [0.1, 0.15) is 0 Å². The third kappa shape index (κ3) is 5.91. The van der Waals surface area contributed by atoms with Crippen LogP contribution in [0, 0.1) is 29.6 Å². The summed E-state index contributed by atoms with van der Waals surface area (Å²) >= 11 is 3.43. The molecular weight excluding hydrogens is 800 g/mol. The molecule has 288 valence electrons. The van der Waals surface area contributed by atoms with Gasteiger partial charge >= 0.3 is 0 Å². The van der Waals surface area contributed by atoms with Gasteiger partial charge in [0.05, 0.1) is 46.6 Å². The van der Waals surface area contributed by atoms with Gasteiger partial charge in [0.2, 0.25) is 23.6 Å². The molecule has 5 aromatic rings. The van der Waals surface area contributed by atoms with Crippen molar-refractivity contribution < 1.29 is 38.6 Å². The van der Waals surface area contributed by atoms with Crippen molar-refractivity contribution in [1.29, 1.82) is 0 Å². The highest BCUT2D eigenvalue weighted by Crippen LogP contribution is 2.59. The third-order valence-corrected chi connectivity index (χ3v) is 12.7. The lowest BCUT2D eigenvalue weighted by molar-refractivity contribution is -0.126. The number of allylic oxidation sites excluding steroid dienone is 2. The Bertz CT molecular complexity index is 2570. The summed E-state index contributed by atoms with van der Waals surface area (Å²) in [5.74, 6) is -6.42. The Balaban J connectivity index is 1.07. The number of ketones is 2. The number of halogens is 1. The van der Waals surface area contributed by atoms with Gasteiger partial charge in [-0.05, 0) is 101 Å². The van der Waals surface area contributed by atoms with Gasteiger partial charge < -0.3 is 9.84 Å². The van der Waals surface area contributed by atoms with E-state index in [0.717, 1.165) is 5.57 Å². The lowest BCUT2D eigenvalue weighted by Crippen LogP contribution is -2.43. The molecule has 10 nitrogen and oxygen atoms in total. The molecule has 0 aromatic heterocycles. The zero-order chi connectivity index (χ0) is 40.4. The predicted octanol–water partition coefficient (Wildman–Crippen LogP) is 7.67. The maximum atomic E-state index is 14.7. The van der Waals surface area contributed by atoms with E-state index in [4.69, 9.17) is 4.74 Å². The second-order valence-electron chi connectivity index (χ2n) is 15.1. The predicted molar refractivity (Wildman–Crippen MR) is 217 cm³/mol. The smallest absolute Gasteiger partial charge is 0.238 e. The number of fused-ring (bicyclic) bond motifs is 4. The van der Waals surface area contributed by atoms with Crippen LogP contribution in [0.5, 0.6) is 11.5 Å². The molecule has 0 bridgehead atoms. The average Bonchev–Trinajstić information content (AvgIpc) is 3.67. The average molecular weight is 836 g/mol. The molecule has 6 atom stereocenters. The highest BCUT2D eigenvalue weighted by Gasteiger charge is 2.62. The SMILES string of the molecule is COc1cc(C2C3=CCC4C(=O)N(c5ccc(C(=O)c6ccccc6)cc5)C(=O)C4C3CC3C(=O)N(c4ccc(C(=O)c5ccccc5)cc4)C(=O)C32)cc(Br)c1O. The summed E-state index contributed by atoms with van der Waals surface area (Å²) < 4.78 is 5.83. The zero-order valence-corrected chi connectivity index (χ0v) is 32.7. The first kappa shape index (κ1) is 37.1. The number of hydrogen-bond acceptors (Lipinski definition) is 8. The number of hydrogen-bond donors (Lipinski definition) is 1. The van der Waals surface area contributed by atoms with Gasteiger partial charge in [-0.1, -0.05) is 72.3 Å². The molecule has 1 N–H and O–H groups in total.